The number of aryl methyl sites for hydroxylation is 1. The fourth-order valence-corrected chi connectivity index (χ4v) is 1.25. The van der Waals surface area contributed by atoms with Gasteiger partial charge in [-0.3, -0.25) is 14.9 Å². The van der Waals surface area contributed by atoms with Gasteiger partial charge in [0.15, 0.2) is 0 Å². The van der Waals surface area contributed by atoms with E-state index in [-0.39, 0.29) is 17.4 Å². The number of pyridine rings is 1. The molecule has 0 spiro atoms. The van der Waals surface area contributed by atoms with Crippen LogP contribution in [0.3, 0.4) is 0 Å². The summed E-state index contributed by atoms with van der Waals surface area (Å²) in [5.41, 5.74) is 0.664. The van der Waals surface area contributed by atoms with Gasteiger partial charge in [-0.1, -0.05) is 0 Å². The van der Waals surface area contributed by atoms with Crippen LogP contribution in [0.25, 0.3) is 0 Å². The van der Waals surface area contributed by atoms with Crippen LogP contribution in [0.4, 0.5) is 11.5 Å². The first-order valence-electron chi connectivity index (χ1n) is 5.10. The second-order valence-electron chi connectivity index (χ2n) is 3.55. The van der Waals surface area contributed by atoms with Crippen LogP contribution in [0.15, 0.2) is 12.3 Å². The SMILES string of the molecule is CC(=O)NCCNc1ncc(C)cc1[N+](=O)[O-]. The minimum atomic E-state index is -0.485. The number of hydrogen-bond donors (Lipinski definition) is 2. The van der Waals surface area contributed by atoms with Crippen molar-refractivity contribution >= 4 is 17.4 Å². The minimum absolute atomic E-state index is 0.0622. The standard InChI is InChI=1S/C10H14N4O3/c1-7-5-9(14(16)17)10(13-6-7)12-4-3-11-8(2)15/h5-6H,3-4H2,1-2H3,(H,11,15)(H,12,13). The lowest BCUT2D eigenvalue weighted by atomic mass is 10.3. The van der Waals surface area contributed by atoms with E-state index in [1.54, 1.807) is 13.1 Å². The van der Waals surface area contributed by atoms with Crippen molar-refractivity contribution in [2.24, 2.45) is 0 Å². The van der Waals surface area contributed by atoms with Crippen molar-refractivity contribution in [3.8, 4) is 0 Å². The second-order valence-corrected chi connectivity index (χ2v) is 3.55. The van der Waals surface area contributed by atoms with E-state index in [4.69, 9.17) is 0 Å². The molecule has 2 N–H and O–H groups in total. The van der Waals surface area contributed by atoms with Crippen molar-refractivity contribution < 1.29 is 9.72 Å². The number of amides is 1. The first kappa shape index (κ1) is 12.9. The zero-order valence-electron chi connectivity index (χ0n) is 9.69. The molecule has 0 unspecified atom stereocenters. The molecular formula is C10H14N4O3. The van der Waals surface area contributed by atoms with Gasteiger partial charge in [-0.25, -0.2) is 4.98 Å². The highest BCUT2D eigenvalue weighted by molar-refractivity contribution is 5.72. The van der Waals surface area contributed by atoms with Gasteiger partial charge in [-0.05, 0) is 12.5 Å². The van der Waals surface area contributed by atoms with Crippen LogP contribution < -0.4 is 10.6 Å². The van der Waals surface area contributed by atoms with Gasteiger partial charge in [0.2, 0.25) is 11.7 Å². The highest BCUT2D eigenvalue weighted by atomic mass is 16.6. The first-order valence-corrected chi connectivity index (χ1v) is 5.10. The largest absolute Gasteiger partial charge is 0.363 e. The van der Waals surface area contributed by atoms with Gasteiger partial charge >= 0.3 is 5.69 Å². The van der Waals surface area contributed by atoms with Crippen LogP contribution in [0, 0.1) is 17.0 Å². The van der Waals surface area contributed by atoms with Gasteiger partial charge in [0.1, 0.15) is 0 Å². The molecule has 1 amide bonds. The number of hydrogen-bond acceptors (Lipinski definition) is 5. The summed E-state index contributed by atoms with van der Waals surface area (Å²) in [6.45, 7) is 3.92. The fraction of sp³-hybridized carbons (Fsp3) is 0.400. The molecule has 0 saturated heterocycles. The highest BCUT2D eigenvalue weighted by Crippen LogP contribution is 2.21. The van der Waals surface area contributed by atoms with Crippen LogP contribution >= 0.6 is 0 Å². The lowest BCUT2D eigenvalue weighted by Crippen LogP contribution is -2.26. The molecule has 0 saturated carbocycles. The normalized spacial score (nSPS) is 9.76. The molecule has 1 aromatic rings. The molecule has 0 aliphatic heterocycles. The number of carbonyl (C=O) groups excluding carboxylic acids is 1. The zero-order chi connectivity index (χ0) is 12.8. The molecule has 1 rings (SSSR count). The predicted octanol–water partition coefficient (Wildman–Crippen LogP) is 0.846. The van der Waals surface area contributed by atoms with Crippen molar-refractivity contribution in [3.05, 3.63) is 27.9 Å². The maximum Gasteiger partial charge on any atom is 0.311 e. The molecule has 0 atom stereocenters. The molecule has 0 radical (unpaired) electrons. The molecular weight excluding hydrogens is 224 g/mol. The molecule has 0 aromatic carbocycles. The topological polar surface area (TPSA) is 97.2 Å². The van der Waals surface area contributed by atoms with E-state index in [0.29, 0.717) is 13.1 Å². The second kappa shape index (κ2) is 5.78. The van der Waals surface area contributed by atoms with Crippen molar-refractivity contribution in [1.82, 2.24) is 10.3 Å². The average Bonchev–Trinajstić information content (AvgIpc) is 2.25. The Hall–Kier alpha value is -2.18. The Kier molecular flexibility index (Phi) is 4.38. The third-order valence-electron chi connectivity index (χ3n) is 1.99. The van der Waals surface area contributed by atoms with Gasteiger partial charge in [0.05, 0.1) is 4.92 Å². The van der Waals surface area contributed by atoms with E-state index in [1.165, 1.54) is 13.0 Å². The van der Waals surface area contributed by atoms with Gasteiger partial charge in [0, 0.05) is 32.3 Å². The minimum Gasteiger partial charge on any atom is -0.363 e. The Balaban J connectivity index is 2.64. The maximum atomic E-state index is 10.8. The number of anilines is 1. The van der Waals surface area contributed by atoms with Crippen molar-refractivity contribution in [2.75, 3.05) is 18.4 Å². The van der Waals surface area contributed by atoms with E-state index in [0.717, 1.165) is 5.56 Å². The summed E-state index contributed by atoms with van der Waals surface area (Å²) in [6, 6.07) is 1.45. The summed E-state index contributed by atoms with van der Waals surface area (Å²) in [4.78, 5) is 24.8. The third kappa shape index (κ3) is 4.06. The molecule has 17 heavy (non-hydrogen) atoms. The van der Waals surface area contributed by atoms with Gasteiger partial charge < -0.3 is 10.6 Å². The smallest absolute Gasteiger partial charge is 0.311 e. The summed E-state index contributed by atoms with van der Waals surface area (Å²) in [5.74, 6) is 0.0733. The Morgan fingerprint density at radius 2 is 2.24 bits per heavy atom. The third-order valence-corrected chi connectivity index (χ3v) is 1.99. The van der Waals surface area contributed by atoms with E-state index in [2.05, 4.69) is 15.6 Å². The quantitative estimate of drug-likeness (QED) is 0.450. The molecule has 0 aliphatic carbocycles. The van der Waals surface area contributed by atoms with Crippen LogP contribution in [0.5, 0.6) is 0 Å². The van der Waals surface area contributed by atoms with E-state index in [9.17, 15) is 14.9 Å². The number of aromatic nitrogens is 1. The van der Waals surface area contributed by atoms with Crippen molar-refractivity contribution in [3.63, 3.8) is 0 Å². The summed E-state index contributed by atoms with van der Waals surface area (Å²) < 4.78 is 0. The summed E-state index contributed by atoms with van der Waals surface area (Å²) >= 11 is 0. The van der Waals surface area contributed by atoms with Crippen LogP contribution in [0.2, 0.25) is 0 Å². The molecule has 92 valence electrons. The van der Waals surface area contributed by atoms with Gasteiger partial charge in [-0.15, -0.1) is 0 Å². The van der Waals surface area contributed by atoms with Crippen LogP contribution in [-0.2, 0) is 4.79 Å². The maximum absolute atomic E-state index is 10.8. The molecule has 0 bridgehead atoms. The molecule has 7 heteroatoms. The van der Waals surface area contributed by atoms with Gasteiger partial charge in [0.25, 0.3) is 0 Å². The summed E-state index contributed by atoms with van der Waals surface area (Å²) in [7, 11) is 0. The molecule has 1 aromatic heterocycles. The fourth-order valence-electron chi connectivity index (χ4n) is 1.25. The molecule has 7 nitrogen and oxygen atoms in total. The Labute approximate surface area is 98.4 Å². The number of nitrogens with one attached hydrogen (secondary N) is 2. The summed E-state index contributed by atoms with van der Waals surface area (Å²) in [5, 5.41) is 16.2. The Morgan fingerprint density at radius 3 is 2.82 bits per heavy atom. The highest BCUT2D eigenvalue weighted by Gasteiger charge is 2.14. The lowest BCUT2D eigenvalue weighted by molar-refractivity contribution is -0.384. The van der Waals surface area contributed by atoms with Crippen molar-refractivity contribution in [1.29, 1.82) is 0 Å². The lowest BCUT2D eigenvalue weighted by Gasteiger charge is -2.06. The average molecular weight is 238 g/mol. The molecule has 0 fully saturated rings. The summed E-state index contributed by atoms with van der Waals surface area (Å²) in [6.07, 6.45) is 1.55. The molecule has 1 heterocycles. The van der Waals surface area contributed by atoms with E-state index < -0.39 is 4.92 Å². The first-order chi connectivity index (χ1) is 8.00. The number of nitro groups is 1. The number of carbonyl (C=O) groups is 1. The monoisotopic (exact) mass is 238 g/mol. The molecule has 0 aliphatic rings. The van der Waals surface area contributed by atoms with Crippen LogP contribution in [-0.4, -0.2) is 28.9 Å². The Bertz CT molecular complexity index is 434. The van der Waals surface area contributed by atoms with E-state index in [1.807, 2.05) is 0 Å². The van der Waals surface area contributed by atoms with Crippen molar-refractivity contribution in [2.45, 2.75) is 13.8 Å². The zero-order valence-corrected chi connectivity index (χ0v) is 9.69. The predicted molar refractivity (Wildman–Crippen MR) is 62.8 cm³/mol. The van der Waals surface area contributed by atoms with Gasteiger partial charge in [-0.2, -0.15) is 0 Å². The number of nitrogens with zero attached hydrogens (tertiary/aromatic N) is 2. The number of rotatable bonds is 5. The van der Waals surface area contributed by atoms with E-state index >= 15 is 0 Å². The van der Waals surface area contributed by atoms with Crippen LogP contribution in [0.1, 0.15) is 12.5 Å². The Morgan fingerprint density at radius 1 is 1.53 bits per heavy atom.